The van der Waals surface area contributed by atoms with Gasteiger partial charge in [0.15, 0.2) is 6.29 Å². The minimum Gasteiger partial charge on any atom is -0.337 e. The lowest BCUT2D eigenvalue weighted by molar-refractivity contribution is 0.112. The number of nitrogens with zero attached hydrogens (tertiary/aromatic N) is 2. The van der Waals surface area contributed by atoms with Crippen LogP contribution in [0.25, 0.3) is 0 Å². The first-order valence-corrected chi connectivity index (χ1v) is 6.02. The molecule has 1 aromatic heterocycles. The van der Waals surface area contributed by atoms with E-state index < -0.39 is 11.6 Å². The molecule has 104 valence electrons. The molecule has 2 aromatic rings. The average molecular weight is 298 g/mol. The molecule has 0 aliphatic heterocycles. The van der Waals surface area contributed by atoms with Crippen molar-refractivity contribution in [1.82, 2.24) is 9.97 Å². The van der Waals surface area contributed by atoms with E-state index in [0.29, 0.717) is 12.1 Å². The van der Waals surface area contributed by atoms with Crippen LogP contribution < -0.4 is 5.32 Å². The van der Waals surface area contributed by atoms with E-state index >= 15 is 0 Å². The minimum atomic E-state index is -0.659. The molecule has 1 N–H and O–H groups in total. The van der Waals surface area contributed by atoms with Crippen molar-refractivity contribution < 1.29 is 13.6 Å². The van der Waals surface area contributed by atoms with Gasteiger partial charge in [-0.3, -0.25) is 4.79 Å². The van der Waals surface area contributed by atoms with E-state index in [1.807, 2.05) is 0 Å². The van der Waals surface area contributed by atoms with Gasteiger partial charge in [0.2, 0.25) is 0 Å². The van der Waals surface area contributed by atoms with Gasteiger partial charge in [0.25, 0.3) is 0 Å². The molecule has 0 aliphatic carbocycles. The SMILES string of the molecule is Cc1nc(Cl)c(C=O)c(Nc2cc(F)c(C)cc2F)n1. The van der Waals surface area contributed by atoms with Gasteiger partial charge in [-0.15, -0.1) is 0 Å². The molecule has 2 rings (SSSR count). The van der Waals surface area contributed by atoms with Crippen molar-refractivity contribution >= 4 is 29.4 Å². The lowest BCUT2D eigenvalue weighted by Gasteiger charge is -2.11. The van der Waals surface area contributed by atoms with Crippen LogP contribution in [0.5, 0.6) is 0 Å². The predicted molar refractivity (Wildman–Crippen MR) is 71.5 cm³/mol. The molecular weight excluding hydrogens is 288 g/mol. The number of hydrogen-bond donors (Lipinski definition) is 1. The van der Waals surface area contributed by atoms with Gasteiger partial charge in [0, 0.05) is 6.07 Å². The molecule has 0 aliphatic rings. The molecule has 0 atom stereocenters. The number of carbonyl (C=O) groups excluding carboxylic acids is 1. The highest BCUT2D eigenvalue weighted by atomic mass is 35.5. The van der Waals surface area contributed by atoms with Crippen molar-refractivity contribution in [2.75, 3.05) is 5.32 Å². The second-order valence-electron chi connectivity index (χ2n) is 4.15. The average Bonchev–Trinajstić information content (AvgIpc) is 2.35. The van der Waals surface area contributed by atoms with Gasteiger partial charge in [-0.25, -0.2) is 18.7 Å². The Morgan fingerprint density at radius 3 is 2.55 bits per heavy atom. The zero-order valence-corrected chi connectivity index (χ0v) is 11.4. The fraction of sp³-hybridized carbons (Fsp3) is 0.154. The topological polar surface area (TPSA) is 54.9 Å². The van der Waals surface area contributed by atoms with Crippen LogP contribution in [0, 0.1) is 25.5 Å². The highest BCUT2D eigenvalue weighted by Gasteiger charge is 2.14. The molecule has 1 heterocycles. The van der Waals surface area contributed by atoms with Crippen molar-refractivity contribution in [2.45, 2.75) is 13.8 Å². The van der Waals surface area contributed by atoms with E-state index in [9.17, 15) is 13.6 Å². The summed E-state index contributed by atoms with van der Waals surface area (Å²) in [5, 5.41) is 2.51. The first kappa shape index (κ1) is 14.3. The number of benzene rings is 1. The van der Waals surface area contributed by atoms with Crippen molar-refractivity contribution in [2.24, 2.45) is 0 Å². The van der Waals surface area contributed by atoms with Gasteiger partial charge in [-0.05, 0) is 25.5 Å². The third kappa shape index (κ3) is 2.75. The zero-order chi connectivity index (χ0) is 14.9. The van der Waals surface area contributed by atoms with Gasteiger partial charge < -0.3 is 5.32 Å². The van der Waals surface area contributed by atoms with Crippen LogP contribution in [-0.2, 0) is 0 Å². The smallest absolute Gasteiger partial charge is 0.156 e. The second kappa shape index (κ2) is 5.50. The van der Waals surface area contributed by atoms with E-state index in [4.69, 9.17) is 11.6 Å². The lowest BCUT2D eigenvalue weighted by atomic mass is 10.2. The Hall–Kier alpha value is -2.08. The largest absolute Gasteiger partial charge is 0.337 e. The molecule has 0 amide bonds. The quantitative estimate of drug-likeness (QED) is 0.695. The second-order valence-corrected chi connectivity index (χ2v) is 4.51. The number of rotatable bonds is 3. The fourth-order valence-electron chi connectivity index (χ4n) is 1.62. The lowest BCUT2D eigenvalue weighted by Crippen LogP contribution is -2.05. The Labute approximate surface area is 118 Å². The van der Waals surface area contributed by atoms with Crippen molar-refractivity contribution in [1.29, 1.82) is 0 Å². The van der Waals surface area contributed by atoms with Gasteiger partial charge in [-0.2, -0.15) is 0 Å². The normalized spacial score (nSPS) is 10.4. The summed E-state index contributed by atoms with van der Waals surface area (Å²) in [5.41, 5.74) is 0.0311. The first-order valence-electron chi connectivity index (χ1n) is 5.64. The van der Waals surface area contributed by atoms with Crippen molar-refractivity contribution in [3.63, 3.8) is 0 Å². The number of aromatic nitrogens is 2. The summed E-state index contributed by atoms with van der Waals surface area (Å²) < 4.78 is 27.2. The van der Waals surface area contributed by atoms with Crippen LogP contribution in [0.3, 0.4) is 0 Å². The number of hydrogen-bond acceptors (Lipinski definition) is 4. The molecule has 0 unspecified atom stereocenters. The molecule has 0 bridgehead atoms. The van der Waals surface area contributed by atoms with Crippen LogP contribution in [0.4, 0.5) is 20.3 Å². The summed E-state index contributed by atoms with van der Waals surface area (Å²) in [6.07, 6.45) is 0.451. The number of halogens is 3. The highest BCUT2D eigenvalue weighted by Crippen LogP contribution is 2.26. The molecule has 0 saturated heterocycles. The Bertz CT molecular complexity index is 692. The van der Waals surface area contributed by atoms with Crippen LogP contribution >= 0.6 is 11.6 Å². The number of anilines is 2. The third-order valence-corrected chi connectivity index (χ3v) is 2.92. The Balaban J connectivity index is 2.50. The molecule has 4 nitrogen and oxygen atoms in total. The summed E-state index contributed by atoms with van der Waals surface area (Å²) in [6, 6.07) is 2.04. The summed E-state index contributed by atoms with van der Waals surface area (Å²) in [4.78, 5) is 18.8. The minimum absolute atomic E-state index is 0.0161. The van der Waals surface area contributed by atoms with E-state index in [-0.39, 0.29) is 27.8 Å². The number of aryl methyl sites for hydroxylation is 2. The van der Waals surface area contributed by atoms with E-state index in [0.717, 1.165) is 12.1 Å². The van der Waals surface area contributed by atoms with Crippen LogP contribution in [-0.4, -0.2) is 16.3 Å². The monoisotopic (exact) mass is 297 g/mol. The van der Waals surface area contributed by atoms with Crippen LogP contribution in [0.15, 0.2) is 12.1 Å². The summed E-state index contributed by atoms with van der Waals surface area (Å²) in [5.74, 6) is -0.901. The van der Waals surface area contributed by atoms with Gasteiger partial charge in [-0.1, -0.05) is 11.6 Å². The standard InChI is InChI=1S/C13H10ClF2N3O/c1-6-3-10(16)11(4-9(6)15)19-13-8(5-20)12(14)17-7(2)18-13/h3-5H,1-2H3,(H,17,18,19). The maximum Gasteiger partial charge on any atom is 0.156 e. The van der Waals surface area contributed by atoms with Crippen molar-refractivity contribution in [3.8, 4) is 0 Å². The molecular formula is C13H10ClF2N3O. The van der Waals surface area contributed by atoms with Gasteiger partial charge in [0.1, 0.15) is 28.4 Å². The van der Waals surface area contributed by atoms with Gasteiger partial charge >= 0.3 is 0 Å². The molecule has 7 heteroatoms. The highest BCUT2D eigenvalue weighted by molar-refractivity contribution is 6.32. The number of aldehydes is 1. The molecule has 0 spiro atoms. The maximum absolute atomic E-state index is 13.8. The number of carbonyl (C=O) groups is 1. The molecule has 1 aromatic carbocycles. The predicted octanol–water partition coefficient (Wildman–Crippen LogP) is 3.58. The number of nitrogens with one attached hydrogen (secondary N) is 1. The summed E-state index contributed by atoms with van der Waals surface area (Å²) >= 11 is 5.81. The van der Waals surface area contributed by atoms with Crippen LogP contribution in [0.2, 0.25) is 5.15 Å². The summed E-state index contributed by atoms with van der Waals surface area (Å²) in [6.45, 7) is 3.02. The Kier molecular flexibility index (Phi) is 3.94. The van der Waals surface area contributed by atoms with Crippen LogP contribution in [0.1, 0.15) is 21.7 Å². The zero-order valence-electron chi connectivity index (χ0n) is 10.7. The van der Waals surface area contributed by atoms with E-state index in [1.165, 1.54) is 6.92 Å². The summed E-state index contributed by atoms with van der Waals surface area (Å²) in [7, 11) is 0. The molecule has 20 heavy (non-hydrogen) atoms. The Morgan fingerprint density at radius 2 is 1.90 bits per heavy atom. The third-order valence-electron chi connectivity index (χ3n) is 2.63. The Morgan fingerprint density at radius 1 is 1.20 bits per heavy atom. The molecule has 0 saturated carbocycles. The fourth-order valence-corrected chi connectivity index (χ4v) is 1.87. The van der Waals surface area contributed by atoms with E-state index in [2.05, 4.69) is 15.3 Å². The first-order chi connectivity index (χ1) is 9.42. The van der Waals surface area contributed by atoms with Gasteiger partial charge in [0.05, 0.1) is 11.3 Å². The molecule has 0 fully saturated rings. The molecule has 0 radical (unpaired) electrons. The van der Waals surface area contributed by atoms with E-state index in [1.54, 1.807) is 6.92 Å². The maximum atomic E-state index is 13.8. The van der Waals surface area contributed by atoms with Crippen molar-refractivity contribution in [3.05, 3.63) is 45.9 Å².